The Morgan fingerprint density at radius 2 is 2.00 bits per heavy atom. The fraction of sp³-hybridized carbons (Fsp3) is 0.231. The standard InChI is InChI=1S/C13H10F3NO3/c1-7(13(14,15)16)20-11-6-9(12(18)19)8-4-2-3-5-10(8)17-11/h2-7H,1H3,(H,18,19). The Kier molecular flexibility index (Phi) is 3.52. The number of aromatic nitrogens is 1. The highest BCUT2D eigenvalue weighted by molar-refractivity contribution is 6.02. The molecule has 0 bridgehead atoms. The van der Waals surface area contributed by atoms with Gasteiger partial charge < -0.3 is 9.84 Å². The molecule has 106 valence electrons. The average molecular weight is 285 g/mol. The second-order valence-corrected chi connectivity index (χ2v) is 4.13. The van der Waals surface area contributed by atoms with E-state index >= 15 is 0 Å². The van der Waals surface area contributed by atoms with Gasteiger partial charge in [0.25, 0.3) is 0 Å². The van der Waals surface area contributed by atoms with Gasteiger partial charge in [0.05, 0.1) is 11.1 Å². The summed E-state index contributed by atoms with van der Waals surface area (Å²) in [4.78, 5) is 15.0. The maximum Gasteiger partial charge on any atom is 0.425 e. The first-order valence-corrected chi connectivity index (χ1v) is 5.65. The minimum atomic E-state index is -4.54. The number of ether oxygens (including phenoxy) is 1. The van der Waals surface area contributed by atoms with Gasteiger partial charge in [0.1, 0.15) is 0 Å². The molecule has 2 aromatic rings. The summed E-state index contributed by atoms with van der Waals surface area (Å²) in [6.45, 7) is 0.831. The van der Waals surface area contributed by atoms with Crippen LogP contribution in [0.2, 0.25) is 0 Å². The van der Waals surface area contributed by atoms with Crippen molar-refractivity contribution in [2.24, 2.45) is 0 Å². The molecule has 1 N–H and O–H groups in total. The largest absolute Gasteiger partial charge is 0.478 e. The number of nitrogens with zero attached hydrogens (tertiary/aromatic N) is 1. The van der Waals surface area contributed by atoms with Gasteiger partial charge >= 0.3 is 12.1 Å². The number of para-hydroxylation sites is 1. The topological polar surface area (TPSA) is 59.4 Å². The molecule has 1 aromatic heterocycles. The van der Waals surface area contributed by atoms with Crippen LogP contribution in [-0.2, 0) is 0 Å². The molecule has 1 heterocycles. The van der Waals surface area contributed by atoms with Crippen molar-refractivity contribution in [3.8, 4) is 5.88 Å². The third-order valence-electron chi connectivity index (χ3n) is 2.68. The molecule has 4 nitrogen and oxygen atoms in total. The van der Waals surface area contributed by atoms with Gasteiger partial charge in [-0.15, -0.1) is 0 Å². The molecule has 0 saturated carbocycles. The lowest BCUT2D eigenvalue weighted by molar-refractivity contribution is -0.189. The molecule has 1 unspecified atom stereocenters. The molecule has 0 amide bonds. The van der Waals surface area contributed by atoms with Crippen LogP contribution >= 0.6 is 0 Å². The molecule has 0 radical (unpaired) electrons. The van der Waals surface area contributed by atoms with Gasteiger partial charge in [-0.1, -0.05) is 18.2 Å². The zero-order valence-corrected chi connectivity index (χ0v) is 10.3. The summed E-state index contributed by atoms with van der Waals surface area (Å²) in [5.41, 5.74) is 0.108. The minimum Gasteiger partial charge on any atom is -0.478 e. The molecule has 0 aliphatic carbocycles. The number of benzene rings is 1. The van der Waals surface area contributed by atoms with Gasteiger partial charge in [0.2, 0.25) is 5.88 Å². The molecular weight excluding hydrogens is 275 g/mol. The van der Waals surface area contributed by atoms with Crippen molar-refractivity contribution in [1.82, 2.24) is 4.98 Å². The van der Waals surface area contributed by atoms with Crippen molar-refractivity contribution < 1.29 is 27.8 Å². The quantitative estimate of drug-likeness (QED) is 0.940. The number of carboxylic acid groups (broad SMARTS) is 1. The third kappa shape index (κ3) is 2.81. The van der Waals surface area contributed by atoms with Crippen LogP contribution in [0.4, 0.5) is 13.2 Å². The third-order valence-corrected chi connectivity index (χ3v) is 2.68. The Balaban J connectivity index is 2.48. The number of pyridine rings is 1. The highest BCUT2D eigenvalue weighted by Gasteiger charge is 2.38. The lowest BCUT2D eigenvalue weighted by Gasteiger charge is -2.17. The number of hydrogen-bond donors (Lipinski definition) is 1. The van der Waals surface area contributed by atoms with Crippen molar-refractivity contribution in [2.75, 3.05) is 0 Å². The normalized spacial score (nSPS) is 13.2. The number of aromatic carboxylic acids is 1. The van der Waals surface area contributed by atoms with E-state index in [1.165, 1.54) is 12.1 Å². The smallest absolute Gasteiger partial charge is 0.425 e. The van der Waals surface area contributed by atoms with E-state index in [9.17, 15) is 18.0 Å². The predicted molar refractivity (Wildman–Crippen MR) is 64.8 cm³/mol. The monoisotopic (exact) mass is 285 g/mol. The average Bonchev–Trinajstić information content (AvgIpc) is 2.36. The number of fused-ring (bicyclic) bond motifs is 1. The van der Waals surface area contributed by atoms with E-state index in [4.69, 9.17) is 5.11 Å². The van der Waals surface area contributed by atoms with Gasteiger partial charge in [-0.3, -0.25) is 0 Å². The highest BCUT2D eigenvalue weighted by atomic mass is 19.4. The zero-order valence-electron chi connectivity index (χ0n) is 10.3. The number of carbonyl (C=O) groups is 1. The van der Waals surface area contributed by atoms with Gasteiger partial charge in [-0.2, -0.15) is 13.2 Å². The molecule has 0 aliphatic heterocycles. The van der Waals surface area contributed by atoms with Crippen molar-refractivity contribution in [3.63, 3.8) is 0 Å². The second-order valence-electron chi connectivity index (χ2n) is 4.13. The highest BCUT2D eigenvalue weighted by Crippen LogP contribution is 2.27. The predicted octanol–water partition coefficient (Wildman–Crippen LogP) is 3.26. The van der Waals surface area contributed by atoms with Crippen LogP contribution < -0.4 is 4.74 Å². The fourth-order valence-electron chi connectivity index (χ4n) is 1.64. The van der Waals surface area contributed by atoms with E-state index in [1.807, 2.05) is 0 Å². The lowest BCUT2D eigenvalue weighted by Crippen LogP contribution is -2.31. The van der Waals surface area contributed by atoms with Gasteiger partial charge in [0, 0.05) is 11.5 Å². The van der Waals surface area contributed by atoms with Crippen LogP contribution in [0.15, 0.2) is 30.3 Å². The summed E-state index contributed by atoms with van der Waals surface area (Å²) in [5.74, 6) is -1.63. The maximum atomic E-state index is 12.4. The summed E-state index contributed by atoms with van der Waals surface area (Å²) >= 11 is 0. The summed E-state index contributed by atoms with van der Waals surface area (Å²) in [6, 6.07) is 7.26. The first-order chi connectivity index (χ1) is 9.29. The second kappa shape index (κ2) is 4.99. The first kappa shape index (κ1) is 14.1. The van der Waals surface area contributed by atoms with Crippen LogP contribution in [0.3, 0.4) is 0 Å². The van der Waals surface area contributed by atoms with E-state index in [-0.39, 0.29) is 17.0 Å². The van der Waals surface area contributed by atoms with Crippen LogP contribution in [0, 0.1) is 0 Å². The van der Waals surface area contributed by atoms with Crippen molar-refractivity contribution in [2.45, 2.75) is 19.2 Å². The Morgan fingerprint density at radius 1 is 1.35 bits per heavy atom. The van der Waals surface area contributed by atoms with Crippen molar-refractivity contribution in [1.29, 1.82) is 0 Å². The van der Waals surface area contributed by atoms with E-state index in [1.54, 1.807) is 12.1 Å². The molecule has 0 aliphatic rings. The SMILES string of the molecule is CC(Oc1cc(C(=O)O)c2ccccc2n1)C(F)(F)F. The van der Waals surface area contributed by atoms with Crippen molar-refractivity contribution in [3.05, 3.63) is 35.9 Å². The van der Waals surface area contributed by atoms with E-state index < -0.39 is 18.2 Å². The molecule has 2 rings (SSSR count). The maximum absolute atomic E-state index is 12.4. The summed E-state index contributed by atoms with van der Waals surface area (Å²) in [6.07, 6.45) is -6.62. The molecule has 7 heteroatoms. The van der Waals surface area contributed by atoms with Gasteiger partial charge in [-0.25, -0.2) is 9.78 Å². The molecule has 0 saturated heterocycles. The first-order valence-electron chi connectivity index (χ1n) is 5.65. The molecule has 1 atom stereocenters. The summed E-state index contributed by atoms with van der Waals surface area (Å²) in [5, 5.41) is 9.44. The van der Waals surface area contributed by atoms with Crippen LogP contribution in [0.25, 0.3) is 10.9 Å². The number of alkyl halides is 3. The molecular formula is C13H10F3NO3. The van der Waals surface area contributed by atoms with Gasteiger partial charge in [-0.05, 0) is 13.0 Å². The number of hydrogen-bond acceptors (Lipinski definition) is 3. The van der Waals surface area contributed by atoms with Crippen LogP contribution in [0.5, 0.6) is 5.88 Å². The van der Waals surface area contributed by atoms with Crippen LogP contribution in [0.1, 0.15) is 17.3 Å². The Bertz CT molecular complexity index is 655. The number of carboxylic acids is 1. The van der Waals surface area contributed by atoms with Gasteiger partial charge in [0.15, 0.2) is 6.10 Å². The fourth-order valence-corrected chi connectivity index (χ4v) is 1.64. The molecule has 0 fully saturated rings. The van der Waals surface area contributed by atoms with E-state index in [0.717, 1.165) is 13.0 Å². The van der Waals surface area contributed by atoms with E-state index in [0.29, 0.717) is 5.39 Å². The molecule has 20 heavy (non-hydrogen) atoms. The Morgan fingerprint density at radius 3 is 2.60 bits per heavy atom. The lowest BCUT2D eigenvalue weighted by atomic mass is 10.1. The zero-order chi connectivity index (χ0) is 14.9. The summed E-state index contributed by atoms with van der Waals surface area (Å²) in [7, 11) is 0. The van der Waals surface area contributed by atoms with Crippen LogP contribution in [-0.4, -0.2) is 28.3 Å². The number of rotatable bonds is 3. The van der Waals surface area contributed by atoms with Crippen molar-refractivity contribution >= 4 is 16.9 Å². The Labute approximate surface area is 111 Å². The molecule has 0 spiro atoms. The summed E-state index contributed by atoms with van der Waals surface area (Å²) < 4.78 is 42.0. The minimum absolute atomic E-state index is 0.153. The van der Waals surface area contributed by atoms with E-state index in [2.05, 4.69) is 9.72 Å². The Hall–Kier alpha value is -2.31. The number of halogens is 3. The molecule has 1 aromatic carbocycles.